The Bertz CT molecular complexity index is 1930. The van der Waals surface area contributed by atoms with E-state index in [1.54, 1.807) is 0 Å². The fraction of sp³-hybridized carbons (Fsp3) is 0.190. The van der Waals surface area contributed by atoms with Gasteiger partial charge in [0, 0.05) is 0 Å². The molecule has 0 heteroatoms. The molecule has 0 aliphatic heterocycles. The van der Waals surface area contributed by atoms with E-state index in [1.807, 2.05) is 0 Å². The monoisotopic (exact) mass is 542 g/mol. The van der Waals surface area contributed by atoms with Crippen LogP contribution in [0.5, 0.6) is 0 Å². The summed E-state index contributed by atoms with van der Waals surface area (Å²) >= 11 is 0. The summed E-state index contributed by atoms with van der Waals surface area (Å²) in [5.74, 6) is 0. The summed E-state index contributed by atoms with van der Waals surface area (Å²) in [5.41, 5.74) is 8.14. The van der Waals surface area contributed by atoms with Crippen LogP contribution in [0.4, 0.5) is 0 Å². The van der Waals surface area contributed by atoms with Gasteiger partial charge >= 0.3 is 0 Å². The summed E-state index contributed by atoms with van der Waals surface area (Å²) < 4.78 is 0. The summed E-state index contributed by atoms with van der Waals surface area (Å²) in [6.45, 7) is 13.7. The van der Waals surface area contributed by atoms with Gasteiger partial charge in [-0.25, -0.2) is 0 Å². The lowest BCUT2D eigenvalue weighted by Crippen LogP contribution is -2.10. The van der Waals surface area contributed by atoms with Crippen LogP contribution in [0.15, 0.2) is 121 Å². The molecule has 0 saturated heterocycles. The predicted molar refractivity (Wildman–Crippen MR) is 185 cm³/mol. The average molecular weight is 543 g/mol. The highest BCUT2D eigenvalue weighted by molar-refractivity contribution is 6.22. The lowest BCUT2D eigenvalue weighted by Gasteiger charge is -2.21. The molecule has 0 aliphatic carbocycles. The van der Waals surface area contributed by atoms with Crippen LogP contribution >= 0.6 is 0 Å². The van der Waals surface area contributed by atoms with Gasteiger partial charge in [-0.3, -0.25) is 0 Å². The van der Waals surface area contributed by atoms with Crippen molar-refractivity contribution in [2.75, 3.05) is 0 Å². The van der Waals surface area contributed by atoms with Crippen LogP contribution in [0.2, 0.25) is 0 Å². The van der Waals surface area contributed by atoms with Gasteiger partial charge in [0.15, 0.2) is 0 Å². The molecule has 0 amide bonds. The minimum atomic E-state index is 0.132. The maximum absolute atomic E-state index is 2.37. The van der Waals surface area contributed by atoms with Gasteiger partial charge in [0.1, 0.15) is 0 Å². The first-order valence-corrected chi connectivity index (χ1v) is 15.1. The molecular weight excluding hydrogens is 504 g/mol. The topological polar surface area (TPSA) is 0 Å². The first kappa shape index (κ1) is 26.5. The van der Waals surface area contributed by atoms with Gasteiger partial charge in [-0.05, 0) is 99.4 Å². The van der Waals surface area contributed by atoms with Crippen molar-refractivity contribution in [3.8, 4) is 22.3 Å². The maximum atomic E-state index is 2.37. The summed E-state index contributed by atoms with van der Waals surface area (Å²) in [6, 6.07) is 45.7. The van der Waals surface area contributed by atoms with Gasteiger partial charge in [-0.1, -0.05) is 151 Å². The molecule has 7 rings (SSSR count). The molecular formula is C42H38. The molecule has 206 valence electrons. The Morgan fingerprint density at radius 3 is 0.976 bits per heavy atom. The standard InChI is InChI=1S/C42H38/c1-41(2,3)33-21-19-27-23-31(17-15-29(27)25-33)39-35-11-7-9-13-37(35)40(38-14-10-8-12-36(38)39)32-18-16-30-26-34(42(4,5)6)22-20-28(30)24-32/h7-26H,1-6H3. The number of hydrogen-bond acceptors (Lipinski definition) is 0. The second kappa shape index (κ2) is 9.57. The van der Waals surface area contributed by atoms with Gasteiger partial charge in [0.25, 0.3) is 0 Å². The fourth-order valence-corrected chi connectivity index (χ4v) is 6.49. The van der Waals surface area contributed by atoms with E-state index in [2.05, 4.69) is 163 Å². The molecule has 0 N–H and O–H groups in total. The minimum Gasteiger partial charge on any atom is -0.0616 e. The van der Waals surface area contributed by atoms with Crippen molar-refractivity contribution >= 4 is 43.1 Å². The third-order valence-corrected chi connectivity index (χ3v) is 8.92. The molecule has 0 atom stereocenters. The van der Waals surface area contributed by atoms with E-state index in [4.69, 9.17) is 0 Å². The average Bonchev–Trinajstić information content (AvgIpc) is 2.98. The third-order valence-electron chi connectivity index (χ3n) is 8.92. The molecule has 0 aromatic heterocycles. The zero-order chi connectivity index (χ0) is 29.2. The minimum absolute atomic E-state index is 0.132. The van der Waals surface area contributed by atoms with Crippen LogP contribution in [0, 0.1) is 0 Å². The Hall–Kier alpha value is -4.42. The highest BCUT2D eigenvalue weighted by Crippen LogP contribution is 2.44. The quantitative estimate of drug-likeness (QED) is 0.191. The normalized spacial score (nSPS) is 12.5. The second-order valence-electron chi connectivity index (χ2n) is 13.9. The molecule has 0 aliphatic rings. The Morgan fingerprint density at radius 2 is 0.643 bits per heavy atom. The van der Waals surface area contributed by atoms with Crippen LogP contribution < -0.4 is 0 Å². The van der Waals surface area contributed by atoms with Crippen molar-refractivity contribution in [2.24, 2.45) is 0 Å². The third kappa shape index (κ3) is 4.47. The van der Waals surface area contributed by atoms with E-state index in [0.717, 1.165) is 0 Å². The van der Waals surface area contributed by atoms with Crippen LogP contribution in [0.1, 0.15) is 52.7 Å². The van der Waals surface area contributed by atoms with Gasteiger partial charge in [-0.2, -0.15) is 0 Å². The summed E-state index contributed by atoms with van der Waals surface area (Å²) in [5, 5.41) is 10.3. The van der Waals surface area contributed by atoms with Crippen molar-refractivity contribution in [3.63, 3.8) is 0 Å². The van der Waals surface area contributed by atoms with E-state index in [0.29, 0.717) is 0 Å². The Labute approximate surface area is 249 Å². The van der Waals surface area contributed by atoms with E-state index in [1.165, 1.54) is 76.5 Å². The smallest absolute Gasteiger partial charge is 0.00262 e. The molecule has 7 aromatic carbocycles. The molecule has 0 saturated carbocycles. The Morgan fingerprint density at radius 1 is 0.333 bits per heavy atom. The molecule has 0 heterocycles. The first-order chi connectivity index (χ1) is 20.1. The van der Waals surface area contributed by atoms with E-state index in [9.17, 15) is 0 Å². The van der Waals surface area contributed by atoms with Gasteiger partial charge in [-0.15, -0.1) is 0 Å². The summed E-state index contributed by atoms with van der Waals surface area (Å²) in [4.78, 5) is 0. The molecule has 0 radical (unpaired) electrons. The molecule has 7 aromatic rings. The first-order valence-electron chi connectivity index (χ1n) is 15.1. The van der Waals surface area contributed by atoms with Crippen molar-refractivity contribution in [3.05, 3.63) is 132 Å². The predicted octanol–water partition coefficient (Wildman–Crippen LogP) is 12.2. The van der Waals surface area contributed by atoms with Crippen molar-refractivity contribution in [1.82, 2.24) is 0 Å². The molecule has 0 fully saturated rings. The molecule has 0 unspecified atom stereocenters. The van der Waals surface area contributed by atoms with E-state index in [-0.39, 0.29) is 10.8 Å². The number of rotatable bonds is 2. The highest BCUT2D eigenvalue weighted by Gasteiger charge is 2.19. The molecule has 0 nitrogen and oxygen atoms in total. The maximum Gasteiger partial charge on any atom is -0.00262 e. The largest absolute Gasteiger partial charge is 0.0616 e. The number of benzene rings is 7. The zero-order valence-electron chi connectivity index (χ0n) is 25.5. The highest BCUT2D eigenvalue weighted by atomic mass is 14.2. The van der Waals surface area contributed by atoms with E-state index >= 15 is 0 Å². The molecule has 0 spiro atoms. The van der Waals surface area contributed by atoms with Gasteiger partial charge in [0.2, 0.25) is 0 Å². The molecule has 0 bridgehead atoms. The second-order valence-corrected chi connectivity index (χ2v) is 13.9. The lowest BCUT2D eigenvalue weighted by atomic mass is 9.83. The summed E-state index contributed by atoms with van der Waals surface area (Å²) in [6.07, 6.45) is 0. The zero-order valence-corrected chi connectivity index (χ0v) is 25.5. The number of fused-ring (bicyclic) bond motifs is 4. The van der Waals surface area contributed by atoms with Crippen molar-refractivity contribution in [1.29, 1.82) is 0 Å². The summed E-state index contributed by atoms with van der Waals surface area (Å²) in [7, 11) is 0. The van der Waals surface area contributed by atoms with Crippen LogP contribution in [-0.4, -0.2) is 0 Å². The van der Waals surface area contributed by atoms with Gasteiger partial charge in [0.05, 0.1) is 0 Å². The lowest BCUT2D eigenvalue weighted by molar-refractivity contribution is 0.591. The number of hydrogen-bond donors (Lipinski definition) is 0. The molecule has 42 heavy (non-hydrogen) atoms. The van der Waals surface area contributed by atoms with Crippen LogP contribution in [-0.2, 0) is 10.8 Å². The SMILES string of the molecule is CC(C)(C)c1ccc2cc(-c3c4ccccc4c(-c4ccc5cc(C(C)(C)C)ccc5c4)c4ccccc34)ccc2c1. The fourth-order valence-electron chi connectivity index (χ4n) is 6.49. The van der Waals surface area contributed by atoms with E-state index < -0.39 is 0 Å². The van der Waals surface area contributed by atoms with Crippen molar-refractivity contribution < 1.29 is 0 Å². The van der Waals surface area contributed by atoms with Crippen LogP contribution in [0.25, 0.3) is 65.3 Å². The Kier molecular flexibility index (Phi) is 6.03. The van der Waals surface area contributed by atoms with Gasteiger partial charge < -0.3 is 0 Å². The Balaban J connectivity index is 1.47. The van der Waals surface area contributed by atoms with Crippen LogP contribution in [0.3, 0.4) is 0 Å². The van der Waals surface area contributed by atoms with Crippen molar-refractivity contribution in [2.45, 2.75) is 52.4 Å².